The number of imidazole rings is 1. The van der Waals surface area contributed by atoms with Crippen LogP contribution in [0.25, 0.3) is 11.2 Å². The zero-order chi connectivity index (χ0) is 16.6. The van der Waals surface area contributed by atoms with E-state index in [4.69, 9.17) is 9.72 Å². The van der Waals surface area contributed by atoms with Crippen molar-refractivity contribution in [2.24, 2.45) is 0 Å². The Bertz CT molecular complexity index is 730. The Morgan fingerprint density at radius 1 is 1.04 bits per heavy atom. The van der Waals surface area contributed by atoms with E-state index in [9.17, 15) is 0 Å². The van der Waals surface area contributed by atoms with Gasteiger partial charge >= 0.3 is 0 Å². The number of anilines is 2. The Kier molecular flexibility index (Phi) is 3.94. The van der Waals surface area contributed by atoms with Crippen molar-refractivity contribution in [3.63, 3.8) is 0 Å². The second kappa shape index (κ2) is 6.42. The molecular formula is C17H25N7O. The molecule has 0 bridgehead atoms. The van der Waals surface area contributed by atoms with Gasteiger partial charge in [-0.3, -0.25) is 4.90 Å². The summed E-state index contributed by atoms with van der Waals surface area (Å²) in [6.45, 7) is 5.87. The molecule has 0 unspecified atom stereocenters. The number of aromatic amines is 1. The standard InChI is InChI=1S/C17H25N7O/c1-2-12(1)20-16-14-15(19-11-18-14)21-17(22-16)24-5-3-13(4-6-24)23-7-9-25-10-8-23/h11-13H,1-10H2,(H2,18,19,20,21,22). The molecule has 8 nitrogen and oxygen atoms in total. The molecule has 2 N–H and O–H groups in total. The van der Waals surface area contributed by atoms with Crippen molar-refractivity contribution in [3.8, 4) is 0 Å². The maximum absolute atomic E-state index is 5.48. The Morgan fingerprint density at radius 2 is 1.84 bits per heavy atom. The molecular weight excluding hydrogens is 318 g/mol. The number of rotatable bonds is 4. The minimum Gasteiger partial charge on any atom is -0.379 e. The molecule has 1 saturated carbocycles. The van der Waals surface area contributed by atoms with Crippen LogP contribution < -0.4 is 10.2 Å². The molecule has 2 saturated heterocycles. The summed E-state index contributed by atoms with van der Waals surface area (Å²) in [7, 11) is 0. The van der Waals surface area contributed by atoms with Crippen molar-refractivity contribution in [2.75, 3.05) is 49.6 Å². The number of morpholine rings is 1. The molecule has 0 radical (unpaired) electrons. The van der Waals surface area contributed by atoms with Crippen molar-refractivity contribution in [1.82, 2.24) is 24.8 Å². The smallest absolute Gasteiger partial charge is 0.229 e. The molecule has 2 aromatic heterocycles. The fraction of sp³-hybridized carbons (Fsp3) is 0.706. The van der Waals surface area contributed by atoms with Gasteiger partial charge in [-0.15, -0.1) is 0 Å². The quantitative estimate of drug-likeness (QED) is 0.864. The number of ether oxygens (including phenoxy) is 1. The van der Waals surface area contributed by atoms with Crippen LogP contribution in [-0.4, -0.2) is 76.3 Å². The van der Waals surface area contributed by atoms with E-state index in [-0.39, 0.29) is 0 Å². The normalized spacial score (nSPS) is 23.3. The number of nitrogens with one attached hydrogen (secondary N) is 2. The molecule has 5 rings (SSSR count). The monoisotopic (exact) mass is 343 g/mol. The average molecular weight is 343 g/mol. The summed E-state index contributed by atoms with van der Waals surface area (Å²) in [5, 5.41) is 3.51. The fourth-order valence-electron chi connectivity index (χ4n) is 3.86. The van der Waals surface area contributed by atoms with Crippen LogP contribution in [-0.2, 0) is 4.74 Å². The summed E-state index contributed by atoms with van der Waals surface area (Å²) in [6.07, 6.45) is 6.46. The second-order valence-corrected chi connectivity index (χ2v) is 7.26. The van der Waals surface area contributed by atoms with E-state index < -0.39 is 0 Å². The van der Waals surface area contributed by atoms with Crippen LogP contribution in [0.1, 0.15) is 25.7 Å². The first kappa shape index (κ1) is 15.3. The molecule has 25 heavy (non-hydrogen) atoms. The first-order valence-corrected chi connectivity index (χ1v) is 9.41. The number of hydrogen-bond acceptors (Lipinski definition) is 7. The Balaban J connectivity index is 1.31. The molecule has 2 aliphatic heterocycles. The van der Waals surface area contributed by atoms with Crippen molar-refractivity contribution in [1.29, 1.82) is 0 Å². The summed E-state index contributed by atoms with van der Waals surface area (Å²) in [6, 6.07) is 1.22. The van der Waals surface area contributed by atoms with Gasteiger partial charge in [0.1, 0.15) is 5.52 Å². The lowest BCUT2D eigenvalue weighted by Gasteiger charge is -2.40. The number of piperidine rings is 1. The van der Waals surface area contributed by atoms with E-state index in [1.165, 1.54) is 12.8 Å². The van der Waals surface area contributed by atoms with Crippen LogP contribution in [0.2, 0.25) is 0 Å². The minimum absolute atomic E-state index is 0.557. The lowest BCUT2D eigenvalue weighted by Crippen LogP contribution is -2.49. The predicted molar refractivity (Wildman–Crippen MR) is 96.0 cm³/mol. The largest absolute Gasteiger partial charge is 0.379 e. The van der Waals surface area contributed by atoms with Crippen LogP contribution in [0.5, 0.6) is 0 Å². The van der Waals surface area contributed by atoms with Crippen LogP contribution in [0.4, 0.5) is 11.8 Å². The Morgan fingerprint density at radius 3 is 2.60 bits per heavy atom. The van der Waals surface area contributed by atoms with E-state index in [1.807, 2.05) is 0 Å². The van der Waals surface area contributed by atoms with Crippen molar-refractivity contribution < 1.29 is 4.74 Å². The van der Waals surface area contributed by atoms with Gasteiger partial charge in [0.25, 0.3) is 0 Å². The first-order valence-electron chi connectivity index (χ1n) is 9.41. The third-order valence-electron chi connectivity index (χ3n) is 5.50. The third kappa shape index (κ3) is 3.16. The zero-order valence-corrected chi connectivity index (χ0v) is 14.4. The number of H-pyrrole nitrogens is 1. The van der Waals surface area contributed by atoms with Gasteiger partial charge in [0, 0.05) is 38.3 Å². The summed E-state index contributed by atoms with van der Waals surface area (Å²) in [5.41, 5.74) is 1.67. The maximum atomic E-state index is 5.48. The van der Waals surface area contributed by atoms with Crippen LogP contribution in [0.15, 0.2) is 6.33 Å². The predicted octanol–water partition coefficient (Wildman–Crippen LogP) is 1.23. The molecule has 2 aromatic rings. The highest BCUT2D eigenvalue weighted by atomic mass is 16.5. The summed E-state index contributed by atoms with van der Waals surface area (Å²) < 4.78 is 5.48. The van der Waals surface area contributed by atoms with E-state index >= 15 is 0 Å². The van der Waals surface area contributed by atoms with Gasteiger partial charge in [-0.05, 0) is 25.7 Å². The number of aromatic nitrogens is 4. The minimum atomic E-state index is 0.557. The summed E-state index contributed by atoms with van der Waals surface area (Å²) in [4.78, 5) is 21.9. The van der Waals surface area contributed by atoms with Crippen LogP contribution >= 0.6 is 0 Å². The van der Waals surface area contributed by atoms with Crippen LogP contribution in [0.3, 0.4) is 0 Å². The Labute approximate surface area is 147 Å². The number of fused-ring (bicyclic) bond motifs is 1. The topological polar surface area (TPSA) is 82.2 Å². The van der Waals surface area contributed by atoms with E-state index in [0.29, 0.717) is 12.1 Å². The summed E-state index contributed by atoms with van der Waals surface area (Å²) >= 11 is 0. The second-order valence-electron chi connectivity index (χ2n) is 7.26. The third-order valence-corrected chi connectivity index (χ3v) is 5.50. The van der Waals surface area contributed by atoms with Crippen molar-refractivity contribution in [3.05, 3.63) is 6.33 Å². The number of hydrogen-bond donors (Lipinski definition) is 2. The van der Waals surface area contributed by atoms with Gasteiger partial charge in [0.15, 0.2) is 11.5 Å². The molecule has 0 spiro atoms. The van der Waals surface area contributed by atoms with Gasteiger partial charge < -0.3 is 19.9 Å². The molecule has 0 aromatic carbocycles. The van der Waals surface area contributed by atoms with Gasteiger partial charge in [0.2, 0.25) is 5.95 Å². The Hall–Kier alpha value is -1.93. The molecule has 3 fully saturated rings. The summed E-state index contributed by atoms with van der Waals surface area (Å²) in [5.74, 6) is 1.71. The van der Waals surface area contributed by atoms with Crippen molar-refractivity contribution >= 4 is 22.9 Å². The first-order chi connectivity index (χ1) is 12.4. The SMILES string of the molecule is c1nc2nc(N3CCC(N4CCOCC4)CC3)nc(NC3CC3)c2[nH]1. The lowest BCUT2D eigenvalue weighted by atomic mass is 10.0. The van der Waals surface area contributed by atoms with Gasteiger partial charge in [0.05, 0.1) is 19.5 Å². The van der Waals surface area contributed by atoms with E-state index in [1.54, 1.807) is 6.33 Å². The maximum Gasteiger partial charge on any atom is 0.229 e. The highest BCUT2D eigenvalue weighted by molar-refractivity contribution is 5.84. The number of nitrogens with zero attached hydrogens (tertiary/aromatic N) is 5. The van der Waals surface area contributed by atoms with Crippen LogP contribution in [0, 0.1) is 0 Å². The van der Waals surface area contributed by atoms with E-state index in [0.717, 1.165) is 75.2 Å². The highest BCUT2D eigenvalue weighted by Crippen LogP contribution is 2.29. The lowest BCUT2D eigenvalue weighted by molar-refractivity contribution is 0.0114. The zero-order valence-electron chi connectivity index (χ0n) is 14.4. The molecule has 1 aliphatic carbocycles. The molecule has 134 valence electrons. The fourth-order valence-corrected chi connectivity index (χ4v) is 3.86. The highest BCUT2D eigenvalue weighted by Gasteiger charge is 2.28. The van der Waals surface area contributed by atoms with Gasteiger partial charge in [-0.1, -0.05) is 0 Å². The van der Waals surface area contributed by atoms with E-state index in [2.05, 4.69) is 30.1 Å². The molecule has 3 aliphatic rings. The molecule has 4 heterocycles. The molecule has 8 heteroatoms. The molecule has 0 amide bonds. The van der Waals surface area contributed by atoms with Crippen molar-refractivity contribution in [2.45, 2.75) is 37.8 Å². The van der Waals surface area contributed by atoms with Gasteiger partial charge in [-0.25, -0.2) is 4.98 Å². The van der Waals surface area contributed by atoms with Gasteiger partial charge in [-0.2, -0.15) is 9.97 Å². The molecule has 0 atom stereocenters. The average Bonchev–Trinajstić information content (AvgIpc) is 3.35.